The molecule has 0 bridgehead atoms. The van der Waals surface area contributed by atoms with Gasteiger partial charge in [0.15, 0.2) is 5.58 Å². The van der Waals surface area contributed by atoms with Crippen molar-refractivity contribution in [2.45, 2.75) is 0 Å². The van der Waals surface area contributed by atoms with Gasteiger partial charge in [0.2, 0.25) is 11.8 Å². The molecule has 3 rings (SSSR count). The van der Waals surface area contributed by atoms with E-state index in [0.717, 1.165) is 37.3 Å². The smallest absolute Gasteiger partial charge is 0.246 e. The Morgan fingerprint density at radius 3 is 2.75 bits per heavy atom. The van der Waals surface area contributed by atoms with E-state index in [9.17, 15) is 4.79 Å². The van der Waals surface area contributed by atoms with Gasteiger partial charge in [-0.05, 0) is 19.2 Å². The number of oxazole rings is 1. The fraction of sp³-hybridized carbons (Fsp3) is 0.333. The average molecular weight is 271 g/mol. The van der Waals surface area contributed by atoms with Gasteiger partial charge in [0.25, 0.3) is 0 Å². The maximum atomic E-state index is 12.0. The van der Waals surface area contributed by atoms with Gasteiger partial charge in [0.05, 0.1) is 0 Å². The highest BCUT2D eigenvalue weighted by Crippen LogP contribution is 2.15. The highest BCUT2D eigenvalue weighted by atomic mass is 16.3. The minimum Gasteiger partial charge on any atom is -0.437 e. The van der Waals surface area contributed by atoms with Crippen LogP contribution in [0.2, 0.25) is 0 Å². The SMILES string of the molecule is CN1CCN(C(=O)C=Cc2nc3ccccc3o2)CC1. The van der Waals surface area contributed by atoms with Crippen molar-refractivity contribution in [2.75, 3.05) is 33.2 Å². The predicted octanol–water partition coefficient (Wildman–Crippen LogP) is 1.61. The largest absolute Gasteiger partial charge is 0.437 e. The minimum atomic E-state index is 0.0142. The van der Waals surface area contributed by atoms with E-state index in [2.05, 4.69) is 16.9 Å². The van der Waals surface area contributed by atoms with Gasteiger partial charge < -0.3 is 14.2 Å². The monoisotopic (exact) mass is 271 g/mol. The van der Waals surface area contributed by atoms with Crippen LogP contribution in [0.5, 0.6) is 0 Å². The average Bonchev–Trinajstić information content (AvgIpc) is 2.88. The number of para-hydroxylation sites is 2. The van der Waals surface area contributed by atoms with E-state index < -0.39 is 0 Å². The van der Waals surface area contributed by atoms with Crippen molar-refractivity contribution in [3.63, 3.8) is 0 Å². The predicted molar refractivity (Wildman–Crippen MR) is 77.1 cm³/mol. The molecule has 0 atom stereocenters. The number of aromatic nitrogens is 1. The maximum absolute atomic E-state index is 12.0. The summed E-state index contributed by atoms with van der Waals surface area (Å²) in [5.74, 6) is 0.481. The Kier molecular flexibility index (Phi) is 3.52. The molecule has 1 aromatic heterocycles. The minimum absolute atomic E-state index is 0.0142. The van der Waals surface area contributed by atoms with Crippen LogP contribution in [-0.2, 0) is 4.79 Å². The zero-order valence-corrected chi connectivity index (χ0v) is 11.5. The molecular formula is C15H17N3O2. The van der Waals surface area contributed by atoms with E-state index in [1.807, 2.05) is 29.2 Å². The van der Waals surface area contributed by atoms with Gasteiger partial charge in [-0.1, -0.05) is 12.1 Å². The normalized spacial score (nSPS) is 17.1. The lowest BCUT2D eigenvalue weighted by atomic mass is 10.3. The molecule has 0 saturated carbocycles. The quantitative estimate of drug-likeness (QED) is 0.779. The third-order valence-corrected chi connectivity index (χ3v) is 3.49. The number of hydrogen-bond donors (Lipinski definition) is 0. The van der Waals surface area contributed by atoms with E-state index >= 15 is 0 Å². The first-order chi connectivity index (χ1) is 9.72. The molecule has 1 aromatic carbocycles. The van der Waals surface area contributed by atoms with E-state index in [0.29, 0.717) is 5.89 Å². The third kappa shape index (κ3) is 2.72. The number of benzene rings is 1. The van der Waals surface area contributed by atoms with Crippen molar-refractivity contribution in [3.8, 4) is 0 Å². The summed E-state index contributed by atoms with van der Waals surface area (Å²) in [6, 6.07) is 7.56. The molecule has 5 heteroatoms. The van der Waals surface area contributed by atoms with Crippen molar-refractivity contribution in [1.29, 1.82) is 0 Å². The van der Waals surface area contributed by atoms with Crippen LogP contribution in [0.15, 0.2) is 34.8 Å². The molecule has 1 amide bonds. The van der Waals surface area contributed by atoms with Gasteiger partial charge in [-0.25, -0.2) is 4.98 Å². The molecular weight excluding hydrogens is 254 g/mol. The number of amides is 1. The number of piperazine rings is 1. The second kappa shape index (κ2) is 5.46. The van der Waals surface area contributed by atoms with Crippen LogP contribution in [-0.4, -0.2) is 53.9 Å². The Hall–Kier alpha value is -2.14. The van der Waals surface area contributed by atoms with Gasteiger partial charge in [0.1, 0.15) is 5.52 Å². The fourth-order valence-electron chi connectivity index (χ4n) is 2.24. The van der Waals surface area contributed by atoms with Crippen LogP contribution in [0.4, 0.5) is 0 Å². The number of carbonyl (C=O) groups is 1. The Bertz CT molecular complexity index is 606. The molecule has 20 heavy (non-hydrogen) atoms. The topological polar surface area (TPSA) is 49.6 Å². The summed E-state index contributed by atoms with van der Waals surface area (Å²) in [5, 5.41) is 0. The first-order valence-corrected chi connectivity index (χ1v) is 6.73. The van der Waals surface area contributed by atoms with E-state index in [-0.39, 0.29) is 5.91 Å². The molecule has 1 fully saturated rings. The van der Waals surface area contributed by atoms with E-state index in [1.54, 1.807) is 6.08 Å². The summed E-state index contributed by atoms with van der Waals surface area (Å²) in [7, 11) is 2.07. The highest BCUT2D eigenvalue weighted by molar-refractivity contribution is 5.91. The first kappa shape index (κ1) is 12.9. The molecule has 1 saturated heterocycles. The van der Waals surface area contributed by atoms with Crippen molar-refractivity contribution in [2.24, 2.45) is 0 Å². The number of rotatable bonds is 2. The van der Waals surface area contributed by atoms with Gasteiger partial charge in [-0.2, -0.15) is 0 Å². The highest BCUT2D eigenvalue weighted by Gasteiger charge is 2.16. The number of hydrogen-bond acceptors (Lipinski definition) is 4. The van der Waals surface area contributed by atoms with E-state index in [4.69, 9.17) is 4.42 Å². The Morgan fingerprint density at radius 1 is 1.25 bits per heavy atom. The summed E-state index contributed by atoms with van der Waals surface area (Å²) in [4.78, 5) is 20.4. The second-order valence-corrected chi connectivity index (χ2v) is 4.98. The van der Waals surface area contributed by atoms with Crippen LogP contribution in [0.25, 0.3) is 17.2 Å². The van der Waals surface area contributed by atoms with Crippen molar-refractivity contribution < 1.29 is 9.21 Å². The number of carbonyl (C=O) groups excluding carboxylic acids is 1. The maximum Gasteiger partial charge on any atom is 0.246 e. The Labute approximate surface area is 117 Å². The lowest BCUT2D eigenvalue weighted by Crippen LogP contribution is -2.46. The Morgan fingerprint density at radius 2 is 2.00 bits per heavy atom. The molecule has 0 radical (unpaired) electrons. The number of fused-ring (bicyclic) bond motifs is 1. The molecule has 1 aliphatic rings. The summed E-state index contributed by atoms with van der Waals surface area (Å²) < 4.78 is 5.55. The number of likely N-dealkylation sites (N-methyl/N-ethyl adjacent to an activating group) is 1. The van der Waals surface area contributed by atoms with Crippen molar-refractivity contribution in [1.82, 2.24) is 14.8 Å². The van der Waals surface area contributed by atoms with Crippen LogP contribution in [0.3, 0.4) is 0 Å². The molecule has 1 aliphatic heterocycles. The van der Waals surface area contributed by atoms with Crippen LogP contribution in [0, 0.1) is 0 Å². The Balaban J connectivity index is 1.68. The molecule has 2 aromatic rings. The van der Waals surface area contributed by atoms with Gasteiger partial charge in [0, 0.05) is 38.3 Å². The van der Waals surface area contributed by atoms with Crippen molar-refractivity contribution >= 4 is 23.1 Å². The molecule has 0 spiro atoms. The van der Waals surface area contributed by atoms with Crippen LogP contribution in [0.1, 0.15) is 5.89 Å². The van der Waals surface area contributed by atoms with Crippen molar-refractivity contribution in [3.05, 3.63) is 36.2 Å². The van der Waals surface area contributed by atoms with Gasteiger partial charge in [-0.15, -0.1) is 0 Å². The zero-order chi connectivity index (χ0) is 13.9. The lowest BCUT2D eigenvalue weighted by Gasteiger charge is -2.31. The molecule has 104 valence electrons. The summed E-state index contributed by atoms with van der Waals surface area (Å²) in [6.07, 6.45) is 3.18. The first-order valence-electron chi connectivity index (χ1n) is 6.73. The van der Waals surface area contributed by atoms with Gasteiger partial charge >= 0.3 is 0 Å². The number of nitrogens with zero attached hydrogens (tertiary/aromatic N) is 3. The second-order valence-electron chi connectivity index (χ2n) is 4.98. The third-order valence-electron chi connectivity index (χ3n) is 3.49. The zero-order valence-electron chi connectivity index (χ0n) is 11.5. The fourth-order valence-corrected chi connectivity index (χ4v) is 2.24. The lowest BCUT2D eigenvalue weighted by molar-refractivity contribution is -0.127. The summed E-state index contributed by atoms with van der Waals surface area (Å²) >= 11 is 0. The van der Waals surface area contributed by atoms with Crippen LogP contribution >= 0.6 is 0 Å². The summed E-state index contributed by atoms with van der Waals surface area (Å²) in [5.41, 5.74) is 1.54. The summed E-state index contributed by atoms with van der Waals surface area (Å²) in [6.45, 7) is 3.38. The van der Waals surface area contributed by atoms with E-state index in [1.165, 1.54) is 6.08 Å². The van der Waals surface area contributed by atoms with Crippen LogP contribution < -0.4 is 0 Å². The molecule has 0 aliphatic carbocycles. The molecule has 0 N–H and O–H groups in total. The van der Waals surface area contributed by atoms with Gasteiger partial charge in [-0.3, -0.25) is 4.79 Å². The molecule has 0 unspecified atom stereocenters. The standard InChI is InChI=1S/C15H17N3O2/c1-17-8-10-18(11-9-17)15(19)7-6-14-16-12-4-2-3-5-13(12)20-14/h2-7H,8-11H2,1H3. The molecule has 2 heterocycles. The molecule has 5 nitrogen and oxygen atoms in total.